The highest BCUT2D eigenvalue weighted by Crippen LogP contribution is 2.21. The summed E-state index contributed by atoms with van der Waals surface area (Å²) in [6, 6.07) is 12.4. The van der Waals surface area contributed by atoms with Crippen molar-refractivity contribution in [3.05, 3.63) is 75.2 Å². The number of ether oxygens (including phenoxy) is 1. The standard InChI is InChI=1S/C23H22ClN3O4/c1-31-23(30)16-8-11-26(12-9-16)21(28)19-13-17-3-2-10-25-20(17)27(22(19)29)14-15-4-6-18(24)7-5-15/h2-7,10,13,16H,8-9,11-12,14H2,1H3. The number of carbonyl (C=O) groups excluding carboxylic acids is 2. The number of amides is 1. The fourth-order valence-electron chi connectivity index (χ4n) is 3.93. The Morgan fingerprint density at radius 2 is 1.87 bits per heavy atom. The molecule has 4 rings (SSSR count). The molecule has 3 aromatic rings. The van der Waals surface area contributed by atoms with Crippen LogP contribution in [0.15, 0.2) is 53.5 Å². The molecule has 0 spiro atoms. The summed E-state index contributed by atoms with van der Waals surface area (Å²) in [5.74, 6) is -0.797. The summed E-state index contributed by atoms with van der Waals surface area (Å²) in [7, 11) is 1.37. The minimum Gasteiger partial charge on any atom is -0.469 e. The molecule has 3 heterocycles. The van der Waals surface area contributed by atoms with Gasteiger partial charge in [-0.1, -0.05) is 23.7 Å². The Hall–Kier alpha value is -3.19. The van der Waals surface area contributed by atoms with Crippen LogP contribution in [-0.2, 0) is 16.1 Å². The molecule has 0 unspecified atom stereocenters. The lowest BCUT2D eigenvalue weighted by Crippen LogP contribution is -2.43. The molecule has 1 aliphatic heterocycles. The second kappa shape index (κ2) is 8.89. The molecule has 0 bridgehead atoms. The van der Waals surface area contributed by atoms with Crippen LogP contribution in [0.25, 0.3) is 11.0 Å². The van der Waals surface area contributed by atoms with E-state index in [1.807, 2.05) is 18.2 Å². The van der Waals surface area contributed by atoms with Crippen molar-refractivity contribution in [2.45, 2.75) is 19.4 Å². The first-order valence-corrected chi connectivity index (χ1v) is 10.5. The van der Waals surface area contributed by atoms with Gasteiger partial charge in [0.05, 0.1) is 19.6 Å². The Balaban J connectivity index is 1.68. The van der Waals surface area contributed by atoms with Gasteiger partial charge in [0.15, 0.2) is 0 Å². The molecule has 31 heavy (non-hydrogen) atoms. The average molecular weight is 440 g/mol. The number of hydrogen-bond donors (Lipinski definition) is 0. The molecule has 0 saturated carbocycles. The number of nitrogens with zero attached hydrogens (tertiary/aromatic N) is 3. The highest BCUT2D eigenvalue weighted by molar-refractivity contribution is 6.30. The van der Waals surface area contributed by atoms with E-state index >= 15 is 0 Å². The fraction of sp³-hybridized carbons (Fsp3) is 0.304. The molecule has 160 valence electrons. The second-order valence-corrected chi connectivity index (χ2v) is 8.02. The molecular formula is C23H22ClN3O4. The lowest BCUT2D eigenvalue weighted by atomic mass is 9.96. The van der Waals surface area contributed by atoms with Gasteiger partial charge in [-0.25, -0.2) is 4.98 Å². The number of likely N-dealkylation sites (tertiary alicyclic amines) is 1. The molecule has 2 aromatic heterocycles. The van der Waals surface area contributed by atoms with E-state index in [0.717, 1.165) is 5.56 Å². The van der Waals surface area contributed by atoms with Crippen LogP contribution in [0.1, 0.15) is 28.8 Å². The second-order valence-electron chi connectivity index (χ2n) is 7.58. The summed E-state index contributed by atoms with van der Waals surface area (Å²) in [5.41, 5.74) is 1.11. The number of methoxy groups -OCH3 is 1. The number of aromatic nitrogens is 2. The van der Waals surface area contributed by atoms with Gasteiger partial charge in [-0.2, -0.15) is 0 Å². The zero-order valence-corrected chi connectivity index (χ0v) is 17.8. The number of benzene rings is 1. The van der Waals surface area contributed by atoms with Gasteiger partial charge in [0.25, 0.3) is 11.5 Å². The molecule has 1 fully saturated rings. The average Bonchev–Trinajstić information content (AvgIpc) is 2.81. The first-order chi connectivity index (χ1) is 15.0. The normalized spacial score (nSPS) is 14.6. The van der Waals surface area contributed by atoms with Crippen LogP contribution < -0.4 is 5.56 Å². The molecular weight excluding hydrogens is 418 g/mol. The maximum Gasteiger partial charge on any atom is 0.308 e. The zero-order valence-electron chi connectivity index (χ0n) is 17.1. The molecule has 0 atom stereocenters. The number of pyridine rings is 2. The van der Waals surface area contributed by atoms with Crippen molar-refractivity contribution in [3.63, 3.8) is 0 Å². The Kier molecular flexibility index (Phi) is 6.04. The Morgan fingerprint density at radius 1 is 1.16 bits per heavy atom. The third kappa shape index (κ3) is 4.32. The largest absolute Gasteiger partial charge is 0.469 e. The van der Waals surface area contributed by atoms with Crippen molar-refractivity contribution in [2.24, 2.45) is 5.92 Å². The van der Waals surface area contributed by atoms with Gasteiger partial charge in [-0.3, -0.25) is 19.0 Å². The molecule has 1 amide bonds. The number of hydrogen-bond acceptors (Lipinski definition) is 5. The Morgan fingerprint density at radius 3 is 2.55 bits per heavy atom. The lowest BCUT2D eigenvalue weighted by molar-refractivity contribution is -0.146. The van der Waals surface area contributed by atoms with Crippen LogP contribution in [0, 0.1) is 5.92 Å². The van der Waals surface area contributed by atoms with E-state index < -0.39 is 0 Å². The van der Waals surface area contributed by atoms with E-state index in [0.29, 0.717) is 42.0 Å². The topological polar surface area (TPSA) is 81.5 Å². The molecule has 1 aliphatic rings. The summed E-state index contributed by atoms with van der Waals surface area (Å²) in [6.45, 7) is 1.08. The van der Waals surface area contributed by atoms with Crippen molar-refractivity contribution in [1.29, 1.82) is 0 Å². The predicted molar refractivity (Wildman–Crippen MR) is 117 cm³/mol. The highest BCUT2D eigenvalue weighted by Gasteiger charge is 2.30. The highest BCUT2D eigenvalue weighted by atomic mass is 35.5. The number of piperidine rings is 1. The molecule has 1 saturated heterocycles. The first kappa shape index (κ1) is 21.1. The quantitative estimate of drug-likeness (QED) is 0.583. The van der Waals surface area contributed by atoms with Crippen LogP contribution in [0.5, 0.6) is 0 Å². The monoisotopic (exact) mass is 439 g/mol. The number of carbonyl (C=O) groups is 2. The van der Waals surface area contributed by atoms with Crippen molar-refractivity contribution in [1.82, 2.24) is 14.5 Å². The molecule has 0 radical (unpaired) electrons. The van der Waals surface area contributed by atoms with Crippen molar-refractivity contribution >= 4 is 34.5 Å². The van der Waals surface area contributed by atoms with Gasteiger partial charge in [0.2, 0.25) is 0 Å². The molecule has 7 nitrogen and oxygen atoms in total. The summed E-state index contributed by atoms with van der Waals surface area (Å²) in [5, 5.41) is 1.32. The molecule has 8 heteroatoms. The smallest absolute Gasteiger partial charge is 0.308 e. The maximum atomic E-state index is 13.3. The van der Waals surface area contributed by atoms with Gasteiger partial charge in [-0.15, -0.1) is 0 Å². The van der Waals surface area contributed by atoms with Crippen molar-refractivity contribution in [3.8, 4) is 0 Å². The Bertz CT molecular complexity index is 1180. The summed E-state index contributed by atoms with van der Waals surface area (Å²) in [6.07, 6.45) is 2.66. The van der Waals surface area contributed by atoms with Gasteiger partial charge in [-0.05, 0) is 48.7 Å². The lowest BCUT2D eigenvalue weighted by Gasteiger charge is -2.30. The zero-order chi connectivity index (χ0) is 22.0. The third-order valence-corrected chi connectivity index (χ3v) is 5.90. The van der Waals surface area contributed by atoms with E-state index in [1.54, 1.807) is 35.4 Å². The van der Waals surface area contributed by atoms with Crippen LogP contribution in [0.3, 0.4) is 0 Å². The van der Waals surface area contributed by atoms with Gasteiger partial charge < -0.3 is 9.64 Å². The third-order valence-electron chi connectivity index (χ3n) is 5.65. The minimum absolute atomic E-state index is 0.103. The maximum absolute atomic E-state index is 13.3. The molecule has 1 aromatic carbocycles. The van der Waals surface area contributed by atoms with E-state index in [-0.39, 0.29) is 35.5 Å². The van der Waals surface area contributed by atoms with E-state index in [9.17, 15) is 14.4 Å². The fourth-order valence-corrected chi connectivity index (χ4v) is 4.06. The van der Waals surface area contributed by atoms with Gasteiger partial charge in [0.1, 0.15) is 11.2 Å². The minimum atomic E-state index is -0.388. The van der Waals surface area contributed by atoms with Gasteiger partial charge >= 0.3 is 5.97 Å². The summed E-state index contributed by atoms with van der Waals surface area (Å²) >= 11 is 5.97. The van der Waals surface area contributed by atoms with Crippen LogP contribution in [0.2, 0.25) is 5.02 Å². The SMILES string of the molecule is COC(=O)C1CCN(C(=O)c2cc3cccnc3n(Cc3ccc(Cl)cc3)c2=O)CC1. The van der Waals surface area contributed by atoms with Crippen molar-refractivity contribution < 1.29 is 14.3 Å². The predicted octanol–water partition coefficient (Wildman–Crippen LogP) is 3.12. The van der Waals surface area contributed by atoms with E-state index in [2.05, 4.69) is 4.98 Å². The van der Waals surface area contributed by atoms with Crippen LogP contribution in [0.4, 0.5) is 0 Å². The Labute approximate surface area is 184 Å². The van der Waals surface area contributed by atoms with E-state index in [4.69, 9.17) is 16.3 Å². The number of halogens is 1. The number of esters is 1. The first-order valence-electron chi connectivity index (χ1n) is 10.1. The van der Waals surface area contributed by atoms with Crippen molar-refractivity contribution in [2.75, 3.05) is 20.2 Å². The number of fused-ring (bicyclic) bond motifs is 1. The summed E-state index contributed by atoms with van der Waals surface area (Å²) < 4.78 is 6.33. The van der Waals surface area contributed by atoms with Crippen LogP contribution >= 0.6 is 11.6 Å². The molecule has 0 aliphatic carbocycles. The molecule has 0 N–H and O–H groups in total. The summed E-state index contributed by atoms with van der Waals surface area (Å²) in [4.78, 5) is 44.3. The number of rotatable bonds is 4. The van der Waals surface area contributed by atoms with Gasteiger partial charge in [0, 0.05) is 29.7 Å². The van der Waals surface area contributed by atoms with Crippen LogP contribution in [-0.4, -0.2) is 46.5 Å². The van der Waals surface area contributed by atoms with E-state index in [1.165, 1.54) is 11.7 Å².